The Kier molecular flexibility index (Phi) is 1.69. The molecule has 0 nitrogen and oxygen atoms in total. The Labute approximate surface area is 68.3 Å². The van der Waals surface area contributed by atoms with E-state index < -0.39 is 0 Å². The van der Waals surface area contributed by atoms with E-state index >= 15 is 0 Å². The molecule has 0 aliphatic heterocycles. The van der Waals surface area contributed by atoms with E-state index in [0.29, 0.717) is 0 Å². The van der Waals surface area contributed by atoms with Crippen molar-refractivity contribution < 1.29 is 0 Å². The van der Waals surface area contributed by atoms with Crippen LogP contribution in [0.5, 0.6) is 0 Å². The van der Waals surface area contributed by atoms with Gasteiger partial charge in [0.25, 0.3) is 0 Å². The minimum Gasteiger partial charge on any atom is -0.0617 e. The van der Waals surface area contributed by atoms with Gasteiger partial charge in [0.2, 0.25) is 0 Å². The van der Waals surface area contributed by atoms with Gasteiger partial charge in [0.1, 0.15) is 0 Å². The molecule has 0 saturated carbocycles. The lowest BCUT2D eigenvalue weighted by Crippen LogP contribution is -2.02. The first-order valence-electron chi connectivity index (χ1n) is 4.29. The van der Waals surface area contributed by atoms with Crippen LogP contribution in [0.1, 0.15) is 29.5 Å². The van der Waals surface area contributed by atoms with Crippen molar-refractivity contribution in [1.82, 2.24) is 0 Å². The molecule has 0 spiro atoms. The van der Waals surface area contributed by atoms with Gasteiger partial charge in [0.15, 0.2) is 0 Å². The molecule has 0 bridgehead atoms. The number of hydrogen-bond donors (Lipinski definition) is 0. The van der Waals surface area contributed by atoms with Crippen molar-refractivity contribution in [1.29, 1.82) is 0 Å². The quantitative estimate of drug-likeness (QED) is 0.526. The van der Waals surface area contributed by atoms with Gasteiger partial charge in [-0.2, -0.15) is 0 Å². The van der Waals surface area contributed by atoms with Crippen LogP contribution in [-0.2, 0) is 6.42 Å². The van der Waals surface area contributed by atoms with E-state index in [1.54, 1.807) is 5.56 Å². The zero-order valence-corrected chi connectivity index (χ0v) is 6.93. The first-order valence-corrected chi connectivity index (χ1v) is 4.29. The summed E-state index contributed by atoms with van der Waals surface area (Å²) in [7, 11) is 0. The van der Waals surface area contributed by atoms with Gasteiger partial charge in [-0.05, 0) is 49.3 Å². The molecule has 0 fully saturated rings. The topological polar surface area (TPSA) is 0 Å². The van der Waals surface area contributed by atoms with Crippen LogP contribution < -0.4 is 0 Å². The van der Waals surface area contributed by atoms with Crippen LogP contribution in [0.25, 0.3) is 0 Å². The number of benzene rings is 1. The molecule has 57 valence electrons. The highest BCUT2D eigenvalue weighted by Gasteiger charge is 2.09. The van der Waals surface area contributed by atoms with Gasteiger partial charge in [-0.3, -0.25) is 0 Å². The fraction of sp³-hybridized carbons (Fsp3) is 0.364. The van der Waals surface area contributed by atoms with Crippen molar-refractivity contribution >= 4 is 0 Å². The number of aryl methyl sites for hydroxylation is 1. The van der Waals surface area contributed by atoms with Crippen molar-refractivity contribution in [2.45, 2.75) is 26.2 Å². The van der Waals surface area contributed by atoms with Crippen LogP contribution in [0, 0.1) is 13.3 Å². The van der Waals surface area contributed by atoms with Crippen molar-refractivity contribution in [3.05, 3.63) is 41.3 Å². The third-order valence-corrected chi connectivity index (χ3v) is 2.44. The Hall–Kier alpha value is -0.780. The fourth-order valence-corrected chi connectivity index (χ4v) is 1.79. The highest BCUT2D eigenvalue weighted by molar-refractivity contribution is 5.40. The molecular formula is C11H13. The minimum absolute atomic E-state index is 1.26. The molecule has 1 aliphatic rings. The van der Waals surface area contributed by atoms with Crippen LogP contribution >= 0.6 is 0 Å². The van der Waals surface area contributed by atoms with Crippen LogP contribution in [0.3, 0.4) is 0 Å². The Balaban J connectivity index is 2.49. The summed E-state index contributed by atoms with van der Waals surface area (Å²) in [5, 5.41) is 0. The average Bonchev–Trinajstić information content (AvgIpc) is 2.06. The lowest BCUT2D eigenvalue weighted by Gasteiger charge is -2.16. The van der Waals surface area contributed by atoms with Crippen molar-refractivity contribution in [3.8, 4) is 0 Å². The fourth-order valence-electron chi connectivity index (χ4n) is 1.79. The number of fused-ring (bicyclic) bond motifs is 1. The maximum absolute atomic E-state index is 2.35. The third kappa shape index (κ3) is 1.18. The zero-order valence-electron chi connectivity index (χ0n) is 6.93. The summed E-state index contributed by atoms with van der Waals surface area (Å²) in [4.78, 5) is 0. The SMILES string of the molecule is Cc1cccc2c1CCC[CH]2. The van der Waals surface area contributed by atoms with Crippen molar-refractivity contribution in [2.24, 2.45) is 0 Å². The van der Waals surface area contributed by atoms with E-state index in [1.165, 1.54) is 30.4 Å². The van der Waals surface area contributed by atoms with E-state index in [9.17, 15) is 0 Å². The molecule has 1 aromatic rings. The molecule has 0 saturated heterocycles. The van der Waals surface area contributed by atoms with E-state index in [1.807, 2.05) is 0 Å². The van der Waals surface area contributed by atoms with Gasteiger partial charge in [-0.15, -0.1) is 0 Å². The van der Waals surface area contributed by atoms with Gasteiger partial charge in [0, 0.05) is 0 Å². The summed E-state index contributed by atoms with van der Waals surface area (Å²) >= 11 is 0. The highest BCUT2D eigenvalue weighted by atomic mass is 14.1. The number of rotatable bonds is 0. The monoisotopic (exact) mass is 145 g/mol. The predicted octanol–water partition coefficient (Wildman–Crippen LogP) is 2.88. The van der Waals surface area contributed by atoms with Gasteiger partial charge in [-0.25, -0.2) is 0 Å². The molecule has 0 heterocycles. The highest BCUT2D eigenvalue weighted by Crippen LogP contribution is 2.24. The standard InChI is InChI=1S/C11H13/c1-9-5-4-7-10-6-2-3-8-11(9)10/h4-7H,2-3,8H2,1H3. The molecule has 11 heavy (non-hydrogen) atoms. The first kappa shape index (κ1) is 6.90. The maximum Gasteiger partial charge on any atom is -0.00900 e. The van der Waals surface area contributed by atoms with E-state index in [4.69, 9.17) is 0 Å². The number of hydrogen-bond acceptors (Lipinski definition) is 0. The Morgan fingerprint density at radius 1 is 1.27 bits per heavy atom. The second-order valence-corrected chi connectivity index (χ2v) is 3.24. The van der Waals surface area contributed by atoms with Crippen molar-refractivity contribution in [3.63, 3.8) is 0 Å². The van der Waals surface area contributed by atoms with Gasteiger partial charge < -0.3 is 0 Å². The average molecular weight is 145 g/mol. The molecule has 0 atom stereocenters. The Morgan fingerprint density at radius 2 is 2.18 bits per heavy atom. The Morgan fingerprint density at radius 3 is 3.00 bits per heavy atom. The molecule has 0 aromatic heterocycles. The Bertz CT molecular complexity index is 261. The summed E-state index contributed by atoms with van der Waals surface area (Å²) in [6, 6.07) is 6.58. The van der Waals surface area contributed by atoms with Crippen LogP contribution in [0.15, 0.2) is 18.2 Å². The molecular weight excluding hydrogens is 132 g/mol. The molecule has 1 aliphatic carbocycles. The van der Waals surface area contributed by atoms with Gasteiger partial charge in [-0.1, -0.05) is 18.2 Å². The van der Waals surface area contributed by atoms with Crippen LogP contribution in [0.2, 0.25) is 0 Å². The smallest absolute Gasteiger partial charge is 0.00900 e. The zero-order chi connectivity index (χ0) is 7.68. The second-order valence-electron chi connectivity index (χ2n) is 3.24. The minimum atomic E-state index is 1.26. The van der Waals surface area contributed by atoms with Gasteiger partial charge in [0.05, 0.1) is 0 Å². The second kappa shape index (κ2) is 2.69. The molecule has 0 heteroatoms. The lowest BCUT2D eigenvalue weighted by atomic mass is 9.89. The summed E-state index contributed by atoms with van der Waals surface area (Å²) in [5.74, 6) is 0. The summed E-state index contributed by atoms with van der Waals surface area (Å²) in [5.41, 5.74) is 4.49. The van der Waals surface area contributed by atoms with E-state index in [2.05, 4.69) is 31.5 Å². The molecule has 0 unspecified atom stereocenters. The largest absolute Gasteiger partial charge is 0.0617 e. The predicted molar refractivity (Wildman–Crippen MR) is 47.5 cm³/mol. The normalized spacial score (nSPS) is 16.1. The molecule has 1 aromatic carbocycles. The van der Waals surface area contributed by atoms with Crippen molar-refractivity contribution in [2.75, 3.05) is 0 Å². The van der Waals surface area contributed by atoms with Crippen LogP contribution in [-0.4, -0.2) is 0 Å². The van der Waals surface area contributed by atoms with Gasteiger partial charge >= 0.3 is 0 Å². The van der Waals surface area contributed by atoms with Crippen LogP contribution in [0.4, 0.5) is 0 Å². The summed E-state index contributed by atoms with van der Waals surface area (Å²) < 4.78 is 0. The van der Waals surface area contributed by atoms with E-state index in [-0.39, 0.29) is 0 Å². The molecule has 0 amide bonds. The molecule has 1 radical (unpaired) electrons. The third-order valence-electron chi connectivity index (χ3n) is 2.44. The molecule has 0 N–H and O–H groups in total. The maximum atomic E-state index is 2.35. The summed E-state index contributed by atoms with van der Waals surface area (Å²) in [6.45, 7) is 2.21. The lowest BCUT2D eigenvalue weighted by molar-refractivity contribution is 0.770. The summed E-state index contributed by atoms with van der Waals surface area (Å²) in [6.07, 6.45) is 6.22. The molecule has 2 rings (SSSR count). The van der Waals surface area contributed by atoms with E-state index in [0.717, 1.165) is 0 Å². The first-order chi connectivity index (χ1) is 5.38.